The minimum atomic E-state index is -0.237. The Morgan fingerprint density at radius 3 is 2.34 bits per heavy atom. The minimum absolute atomic E-state index is 0.237. The average Bonchev–Trinajstić information content (AvgIpc) is 2.77. The van der Waals surface area contributed by atoms with Crippen LogP contribution in [0.5, 0.6) is 0 Å². The zero-order chi connectivity index (χ0) is 20.1. The fraction of sp³-hybridized carbons (Fsp3) is 0.227. The number of para-hydroxylation sites is 3. The van der Waals surface area contributed by atoms with Gasteiger partial charge in [0.1, 0.15) is 0 Å². The molecule has 0 atom stereocenters. The van der Waals surface area contributed by atoms with Crippen molar-refractivity contribution < 1.29 is 9.53 Å². The summed E-state index contributed by atoms with van der Waals surface area (Å²) in [5, 5.41) is 6.15. The van der Waals surface area contributed by atoms with Crippen LogP contribution in [0.2, 0.25) is 0 Å². The highest BCUT2D eigenvalue weighted by atomic mass is 16.5. The second kappa shape index (κ2) is 8.70. The maximum Gasteiger partial charge on any atom is 0.258 e. The van der Waals surface area contributed by atoms with Crippen molar-refractivity contribution in [3.8, 4) is 0 Å². The van der Waals surface area contributed by atoms with E-state index >= 15 is 0 Å². The lowest BCUT2D eigenvalue weighted by molar-refractivity contribution is 0.102. The van der Waals surface area contributed by atoms with E-state index in [-0.39, 0.29) is 5.91 Å². The molecule has 4 rings (SSSR count). The summed E-state index contributed by atoms with van der Waals surface area (Å²) in [4.78, 5) is 23.4. The van der Waals surface area contributed by atoms with Crippen LogP contribution in [0.4, 0.5) is 23.0 Å². The summed E-state index contributed by atoms with van der Waals surface area (Å²) < 4.78 is 5.44. The van der Waals surface area contributed by atoms with E-state index in [0.29, 0.717) is 11.5 Å². The maximum absolute atomic E-state index is 12.5. The van der Waals surface area contributed by atoms with Gasteiger partial charge in [0, 0.05) is 31.2 Å². The zero-order valence-corrected chi connectivity index (χ0v) is 16.3. The van der Waals surface area contributed by atoms with Gasteiger partial charge in [0.05, 0.1) is 30.2 Å². The van der Waals surface area contributed by atoms with Gasteiger partial charge in [-0.15, -0.1) is 0 Å². The van der Waals surface area contributed by atoms with E-state index in [1.165, 1.54) is 12.4 Å². The molecule has 7 nitrogen and oxygen atoms in total. The number of morpholine rings is 1. The summed E-state index contributed by atoms with van der Waals surface area (Å²) in [6.45, 7) is 5.07. The number of aromatic nitrogens is 2. The van der Waals surface area contributed by atoms with Crippen LogP contribution in [0.1, 0.15) is 15.9 Å². The molecule has 1 saturated heterocycles. The minimum Gasteiger partial charge on any atom is -0.378 e. The Labute approximate surface area is 169 Å². The number of anilines is 4. The number of hydrogen-bond acceptors (Lipinski definition) is 6. The summed E-state index contributed by atoms with van der Waals surface area (Å²) in [5.41, 5.74) is 4.19. The highest BCUT2D eigenvalue weighted by Gasteiger charge is 2.15. The molecule has 0 bridgehead atoms. The Morgan fingerprint density at radius 2 is 1.62 bits per heavy atom. The van der Waals surface area contributed by atoms with E-state index in [1.54, 1.807) is 0 Å². The van der Waals surface area contributed by atoms with E-state index in [2.05, 4.69) is 31.6 Å². The van der Waals surface area contributed by atoms with Crippen molar-refractivity contribution in [2.45, 2.75) is 6.92 Å². The first-order valence-electron chi connectivity index (χ1n) is 9.58. The normalized spacial score (nSPS) is 13.8. The summed E-state index contributed by atoms with van der Waals surface area (Å²) in [6, 6.07) is 15.7. The fourth-order valence-corrected chi connectivity index (χ4v) is 3.20. The number of aryl methyl sites for hydroxylation is 1. The van der Waals surface area contributed by atoms with Gasteiger partial charge in [-0.05, 0) is 30.7 Å². The van der Waals surface area contributed by atoms with Gasteiger partial charge in [-0.2, -0.15) is 0 Å². The van der Waals surface area contributed by atoms with Crippen LogP contribution >= 0.6 is 0 Å². The van der Waals surface area contributed by atoms with Crippen LogP contribution in [0.15, 0.2) is 60.9 Å². The number of amides is 1. The van der Waals surface area contributed by atoms with E-state index in [4.69, 9.17) is 4.74 Å². The zero-order valence-electron chi connectivity index (χ0n) is 16.3. The van der Waals surface area contributed by atoms with E-state index < -0.39 is 0 Å². The number of carbonyl (C=O) groups excluding carboxylic acids is 1. The first-order chi connectivity index (χ1) is 14.2. The molecule has 0 saturated carbocycles. The van der Waals surface area contributed by atoms with Crippen molar-refractivity contribution in [3.05, 3.63) is 72.1 Å². The third-order valence-electron chi connectivity index (χ3n) is 4.81. The lowest BCUT2D eigenvalue weighted by Crippen LogP contribution is -2.36. The Hall–Kier alpha value is -3.45. The van der Waals surface area contributed by atoms with Gasteiger partial charge in [-0.1, -0.05) is 30.3 Å². The number of ether oxygens (including phenoxy) is 1. The van der Waals surface area contributed by atoms with Gasteiger partial charge < -0.3 is 20.3 Å². The molecule has 0 spiro atoms. The molecule has 1 aromatic heterocycles. The smallest absolute Gasteiger partial charge is 0.258 e. The Morgan fingerprint density at radius 1 is 0.966 bits per heavy atom. The summed E-state index contributed by atoms with van der Waals surface area (Å²) in [7, 11) is 0. The molecule has 7 heteroatoms. The summed E-state index contributed by atoms with van der Waals surface area (Å²) in [5.74, 6) is 0.206. The number of hydrogen-bond donors (Lipinski definition) is 2. The molecule has 1 aliphatic rings. The largest absolute Gasteiger partial charge is 0.378 e. The molecule has 2 N–H and O–H groups in total. The molecule has 0 unspecified atom stereocenters. The highest BCUT2D eigenvalue weighted by molar-refractivity contribution is 6.04. The quantitative estimate of drug-likeness (QED) is 0.694. The van der Waals surface area contributed by atoms with Crippen LogP contribution in [0.3, 0.4) is 0 Å². The second-order valence-electron chi connectivity index (χ2n) is 6.81. The fourth-order valence-electron chi connectivity index (χ4n) is 3.20. The number of nitrogens with zero attached hydrogens (tertiary/aromatic N) is 3. The topological polar surface area (TPSA) is 79.4 Å². The van der Waals surface area contributed by atoms with E-state index in [1.807, 2.05) is 49.4 Å². The van der Waals surface area contributed by atoms with Gasteiger partial charge in [0.25, 0.3) is 5.91 Å². The van der Waals surface area contributed by atoms with Crippen LogP contribution < -0.4 is 15.5 Å². The molecule has 29 heavy (non-hydrogen) atoms. The SMILES string of the molecule is Cc1ccccc1NC(=O)c1cnc(Nc2ccccc2N2CCOCC2)nc1. The summed E-state index contributed by atoms with van der Waals surface area (Å²) in [6.07, 6.45) is 3.06. The van der Waals surface area contributed by atoms with Crippen molar-refractivity contribution in [3.63, 3.8) is 0 Å². The third kappa shape index (κ3) is 4.52. The number of nitrogens with one attached hydrogen (secondary N) is 2. The van der Waals surface area contributed by atoms with Crippen LogP contribution in [0.25, 0.3) is 0 Å². The van der Waals surface area contributed by atoms with Crippen molar-refractivity contribution >= 4 is 28.9 Å². The first-order valence-corrected chi connectivity index (χ1v) is 9.58. The molecule has 1 fully saturated rings. The average molecular weight is 389 g/mol. The summed E-state index contributed by atoms with van der Waals surface area (Å²) >= 11 is 0. The van der Waals surface area contributed by atoms with Crippen molar-refractivity contribution in [2.24, 2.45) is 0 Å². The lowest BCUT2D eigenvalue weighted by Gasteiger charge is -2.30. The van der Waals surface area contributed by atoms with Gasteiger partial charge in [-0.25, -0.2) is 9.97 Å². The molecule has 148 valence electrons. The van der Waals surface area contributed by atoms with Gasteiger partial charge in [0.15, 0.2) is 0 Å². The standard InChI is InChI=1S/C22H23N5O2/c1-16-6-2-3-7-18(16)25-21(28)17-14-23-22(24-15-17)26-19-8-4-5-9-20(19)27-10-12-29-13-11-27/h2-9,14-15H,10-13H2,1H3,(H,25,28)(H,23,24,26). The molecular weight excluding hydrogens is 366 g/mol. The molecule has 1 aliphatic heterocycles. The van der Waals surface area contributed by atoms with Gasteiger partial charge in [-0.3, -0.25) is 4.79 Å². The van der Waals surface area contributed by atoms with Crippen molar-refractivity contribution in [2.75, 3.05) is 41.8 Å². The number of carbonyl (C=O) groups is 1. The molecule has 3 aromatic rings. The van der Waals surface area contributed by atoms with Crippen molar-refractivity contribution in [1.29, 1.82) is 0 Å². The molecule has 0 radical (unpaired) electrons. The number of rotatable bonds is 5. The van der Waals surface area contributed by atoms with Crippen molar-refractivity contribution in [1.82, 2.24) is 9.97 Å². The van der Waals surface area contributed by atoms with Gasteiger partial charge >= 0.3 is 0 Å². The lowest BCUT2D eigenvalue weighted by atomic mass is 10.2. The maximum atomic E-state index is 12.5. The molecular formula is C22H23N5O2. The second-order valence-corrected chi connectivity index (χ2v) is 6.81. The predicted molar refractivity (Wildman–Crippen MR) is 114 cm³/mol. The predicted octanol–water partition coefficient (Wildman–Crippen LogP) is 3.62. The van der Waals surface area contributed by atoms with Crippen LogP contribution in [-0.4, -0.2) is 42.2 Å². The molecule has 0 aliphatic carbocycles. The van der Waals surface area contributed by atoms with E-state index in [0.717, 1.165) is 48.9 Å². The third-order valence-corrected chi connectivity index (χ3v) is 4.81. The Kier molecular flexibility index (Phi) is 5.67. The molecule has 1 amide bonds. The van der Waals surface area contributed by atoms with E-state index in [9.17, 15) is 4.79 Å². The Bertz CT molecular complexity index is 985. The molecule has 2 heterocycles. The van der Waals surface area contributed by atoms with Gasteiger partial charge in [0.2, 0.25) is 5.95 Å². The van der Waals surface area contributed by atoms with Crippen LogP contribution in [-0.2, 0) is 4.74 Å². The highest BCUT2D eigenvalue weighted by Crippen LogP contribution is 2.28. The molecule has 2 aromatic carbocycles. The Balaban J connectivity index is 1.46. The number of benzene rings is 2. The first kappa shape index (κ1) is 18.9. The monoisotopic (exact) mass is 389 g/mol. The van der Waals surface area contributed by atoms with Crippen LogP contribution in [0, 0.1) is 6.92 Å².